The molecule has 2 aromatic heterocycles. The number of methoxy groups -OCH3 is 1. The van der Waals surface area contributed by atoms with E-state index in [1.54, 1.807) is 42.2 Å². The van der Waals surface area contributed by atoms with Gasteiger partial charge in [-0.05, 0) is 61.4 Å². The number of fused-ring (bicyclic) bond motifs is 3. The first-order chi connectivity index (χ1) is 20.3. The van der Waals surface area contributed by atoms with E-state index in [2.05, 4.69) is 10.4 Å². The summed E-state index contributed by atoms with van der Waals surface area (Å²) in [5.74, 6) is -0.288. The number of benzene rings is 1. The van der Waals surface area contributed by atoms with Crippen molar-refractivity contribution in [1.29, 1.82) is 0 Å². The van der Waals surface area contributed by atoms with Crippen molar-refractivity contribution in [3.05, 3.63) is 54.9 Å². The summed E-state index contributed by atoms with van der Waals surface area (Å²) < 4.78 is 13.5. The van der Waals surface area contributed by atoms with Crippen LogP contribution in [0.2, 0.25) is 0 Å². The molecular weight excluding hydrogens is 540 g/mol. The predicted octanol–water partition coefficient (Wildman–Crippen LogP) is 3.00. The lowest BCUT2D eigenvalue weighted by molar-refractivity contribution is -0.144. The van der Waals surface area contributed by atoms with Crippen LogP contribution in [0.1, 0.15) is 32.1 Å². The molecule has 3 aliphatic rings. The summed E-state index contributed by atoms with van der Waals surface area (Å²) in [5.41, 5.74) is -1.35. The Hall–Kier alpha value is -4.61. The Kier molecular flexibility index (Phi) is 7.21. The number of ether oxygens (including phenoxy) is 2. The van der Waals surface area contributed by atoms with Crippen LogP contribution in [0.25, 0.3) is 16.6 Å². The van der Waals surface area contributed by atoms with Gasteiger partial charge < -0.3 is 29.7 Å². The number of carbonyl (C=O) groups is 3. The molecule has 42 heavy (non-hydrogen) atoms. The third-order valence-corrected chi connectivity index (χ3v) is 8.37. The molecule has 1 aromatic carbocycles. The molecule has 220 valence electrons. The van der Waals surface area contributed by atoms with Gasteiger partial charge in [0.15, 0.2) is 5.82 Å². The lowest BCUT2D eigenvalue weighted by Gasteiger charge is -2.29. The molecule has 1 saturated carbocycles. The van der Waals surface area contributed by atoms with E-state index in [0.717, 1.165) is 30.0 Å². The lowest BCUT2D eigenvalue weighted by Crippen LogP contribution is -2.54. The highest BCUT2D eigenvalue weighted by Crippen LogP contribution is 2.45. The minimum atomic E-state index is -1.35. The lowest BCUT2D eigenvalue weighted by atomic mass is 10.1. The average molecular weight is 575 g/mol. The van der Waals surface area contributed by atoms with Crippen LogP contribution in [-0.4, -0.2) is 92.5 Å². The van der Waals surface area contributed by atoms with Crippen molar-refractivity contribution in [1.82, 2.24) is 29.9 Å². The average Bonchev–Trinajstić information content (AvgIpc) is 3.31. The number of allylic oxidation sites excluding steroid dienone is 1. The molecule has 12 nitrogen and oxygen atoms in total. The highest BCUT2D eigenvalue weighted by atomic mass is 16.5. The maximum atomic E-state index is 13.6. The molecule has 4 atom stereocenters. The second kappa shape index (κ2) is 11.0. The van der Waals surface area contributed by atoms with E-state index in [0.29, 0.717) is 30.4 Å². The number of hydrogen-bond acceptors (Lipinski definition) is 7. The number of nitrogens with one attached hydrogen (secondary N) is 1. The van der Waals surface area contributed by atoms with Crippen molar-refractivity contribution >= 4 is 28.7 Å². The first-order valence-corrected chi connectivity index (χ1v) is 14.2. The minimum Gasteiger partial charge on any atom is -0.497 e. The predicted molar refractivity (Wildman–Crippen MR) is 153 cm³/mol. The van der Waals surface area contributed by atoms with Crippen molar-refractivity contribution in [2.24, 2.45) is 5.92 Å². The fraction of sp³-hybridized carbons (Fsp3) is 0.433. The van der Waals surface area contributed by atoms with Gasteiger partial charge in [0.2, 0.25) is 11.8 Å². The van der Waals surface area contributed by atoms with Crippen molar-refractivity contribution in [3.63, 3.8) is 0 Å². The number of pyridine rings is 1. The molecule has 12 heteroatoms. The zero-order valence-electron chi connectivity index (χ0n) is 23.6. The van der Waals surface area contributed by atoms with Gasteiger partial charge >= 0.3 is 12.0 Å². The molecular formula is C30H34N6O6. The summed E-state index contributed by atoms with van der Waals surface area (Å²) >= 11 is 0. The highest BCUT2D eigenvalue weighted by Gasteiger charge is 2.61. The molecule has 3 aromatic rings. The molecule has 0 radical (unpaired) electrons. The Bertz CT molecular complexity index is 1540. The van der Waals surface area contributed by atoms with Crippen LogP contribution in [0.4, 0.5) is 4.79 Å². The second-order valence-electron chi connectivity index (χ2n) is 11.2. The van der Waals surface area contributed by atoms with Crippen LogP contribution in [0.5, 0.6) is 11.6 Å². The van der Waals surface area contributed by atoms with Crippen molar-refractivity contribution in [2.75, 3.05) is 27.2 Å². The number of hydrogen-bond donors (Lipinski definition) is 2. The van der Waals surface area contributed by atoms with Crippen LogP contribution >= 0.6 is 0 Å². The summed E-state index contributed by atoms with van der Waals surface area (Å²) in [7, 11) is 3.32. The third-order valence-electron chi connectivity index (χ3n) is 8.37. The van der Waals surface area contributed by atoms with Gasteiger partial charge in [-0.25, -0.2) is 14.3 Å². The molecule has 1 saturated heterocycles. The Morgan fingerprint density at radius 2 is 2.07 bits per heavy atom. The number of amides is 3. The Morgan fingerprint density at radius 3 is 2.83 bits per heavy atom. The summed E-state index contributed by atoms with van der Waals surface area (Å²) in [4.78, 5) is 47.3. The van der Waals surface area contributed by atoms with Crippen molar-refractivity contribution in [2.45, 2.75) is 49.8 Å². The van der Waals surface area contributed by atoms with E-state index >= 15 is 0 Å². The number of urea groups is 1. The maximum Gasteiger partial charge on any atom is 0.330 e. The number of carboxylic acid groups (broad SMARTS) is 1. The summed E-state index contributed by atoms with van der Waals surface area (Å²) in [6.07, 6.45) is 9.71. The van der Waals surface area contributed by atoms with Gasteiger partial charge in [-0.2, -0.15) is 10.1 Å². The number of carbonyl (C=O) groups excluding carboxylic acids is 2. The molecule has 6 rings (SSSR count). The largest absolute Gasteiger partial charge is 0.497 e. The number of rotatable bonds is 5. The van der Waals surface area contributed by atoms with Gasteiger partial charge in [-0.1, -0.05) is 12.2 Å². The molecule has 0 unspecified atom stereocenters. The van der Waals surface area contributed by atoms with E-state index in [9.17, 15) is 19.5 Å². The van der Waals surface area contributed by atoms with Gasteiger partial charge in [-0.15, -0.1) is 0 Å². The van der Waals surface area contributed by atoms with Gasteiger partial charge in [-0.3, -0.25) is 4.79 Å². The third kappa shape index (κ3) is 5.12. The van der Waals surface area contributed by atoms with Crippen LogP contribution in [0.15, 0.2) is 54.9 Å². The topological polar surface area (TPSA) is 139 Å². The summed E-state index contributed by atoms with van der Waals surface area (Å²) in [5, 5.41) is 18.6. The van der Waals surface area contributed by atoms with Crippen LogP contribution in [0.3, 0.4) is 0 Å². The standard InChI is InChI=1S/C30H34N6O6/c1-34-12-6-4-3-5-8-20-17-30(20,28(38)39)33-26(37)24-16-22(18-35(24)29(34)40)42-27-23-10-9-21(41-2)14-19(23)15-25(32-27)36-13-7-11-31-36/h5,7-11,13-15,20,22,24H,3-4,6,12,16-18H2,1-2H3,(H,33,37)(H,38,39)/t20-,22-,24+,30-/m1/s1. The van der Waals surface area contributed by atoms with Crippen molar-refractivity contribution < 1.29 is 29.0 Å². The fourth-order valence-electron chi connectivity index (χ4n) is 5.88. The molecule has 0 bridgehead atoms. The summed E-state index contributed by atoms with van der Waals surface area (Å²) in [6.45, 7) is 0.696. The smallest absolute Gasteiger partial charge is 0.330 e. The van der Waals surface area contributed by atoms with Crippen LogP contribution in [-0.2, 0) is 9.59 Å². The molecule has 0 spiro atoms. The first kappa shape index (κ1) is 27.6. The molecule has 3 amide bonds. The highest BCUT2D eigenvalue weighted by molar-refractivity contribution is 5.95. The quantitative estimate of drug-likeness (QED) is 0.444. The van der Waals surface area contributed by atoms with Gasteiger partial charge in [0.05, 0.1) is 13.7 Å². The van der Waals surface area contributed by atoms with Gasteiger partial charge in [0.1, 0.15) is 23.4 Å². The molecule has 2 fully saturated rings. The first-order valence-electron chi connectivity index (χ1n) is 14.2. The molecule has 2 aliphatic heterocycles. The number of aliphatic carboxylic acids is 1. The van der Waals surface area contributed by atoms with E-state index in [-0.39, 0.29) is 24.9 Å². The molecule has 1 aliphatic carbocycles. The fourth-order valence-corrected chi connectivity index (χ4v) is 5.88. The Balaban J connectivity index is 1.32. The summed E-state index contributed by atoms with van der Waals surface area (Å²) in [6, 6.07) is 8.05. The molecule has 2 N–H and O–H groups in total. The maximum absolute atomic E-state index is 13.6. The van der Waals surface area contributed by atoms with Crippen LogP contribution < -0.4 is 14.8 Å². The number of aromatic nitrogens is 3. The Morgan fingerprint density at radius 1 is 1.21 bits per heavy atom. The van der Waals surface area contributed by atoms with E-state index in [1.165, 1.54) is 4.90 Å². The SMILES string of the molecule is COc1ccc2c(O[C@@H]3C[C@H]4C(=O)N[C@]5(C(=O)O)C[C@H]5C=CCCCCN(C)C(=O)N4C3)nc(-n3cccn3)cc2c1. The number of carboxylic acids is 1. The zero-order chi connectivity index (χ0) is 29.4. The van der Waals surface area contributed by atoms with Gasteiger partial charge in [0.25, 0.3) is 0 Å². The van der Waals surface area contributed by atoms with E-state index in [1.807, 2.05) is 36.4 Å². The Labute approximate surface area is 242 Å². The monoisotopic (exact) mass is 574 g/mol. The second-order valence-corrected chi connectivity index (χ2v) is 11.2. The molecule has 4 heterocycles. The van der Waals surface area contributed by atoms with Crippen molar-refractivity contribution in [3.8, 4) is 17.4 Å². The number of nitrogens with zero attached hydrogens (tertiary/aromatic N) is 5. The van der Waals surface area contributed by atoms with E-state index in [4.69, 9.17) is 14.5 Å². The minimum absolute atomic E-state index is 0.149. The zero-order valence-corrected chi connectivity index (χ0v) is 23.6. The van der Waals surface area contributed by atoms with Crippen LogP contribution in [0, 0.1) is 5.92 Å². The normalized spacial score (nSPS) is 26.3. The van der Waals surface area contributed by atoms with Gasteiger partial charge in [0, 0.05) is 43.7 Å². The van der Waals surface area contributed by atoms with E-state index < -0.39 is 29.6 Å².